The smallest absolute Gasteiger partial charge is 0.308 e. The molecule has 0 radical (unpaired) electrons. The van der Waals surface area contributed by atoms with E-state index in [4.69, 9.17) is 9.47 Å². The Bertz CT molecular complexity index is 501. The van der Waals surface area contributed by atoms with Crippen molar-refractivity contribution in [3.05, 3.63) is 35.9 Å². The number of esters is 2. The van der Waals surface area contributed by atoms with E-state index in [-0.39, 0.29) is 48.7 Å². The van der Waals surface area contributed by atoms with Crippen LogP contribution in [0.1, 0.15) is 39.2 Å². The first-order valence-corrected chi connectivity index (χ1v) is 8.21. The van der Waals surface area contributed by atoms with Crippen molar-refractivity contribution in [1.29, 1.82) is 0 Å². The van der Waals surface area contributed by atoms with E-state index in [9.17, 15) is 9.59 Å². The molecule has 0 amide bonds. The fraction of sp³-hybridized carbons (Fsp3) is 0.556. The van der Waals surface area contributed by atoms with Crippen LogP contribution in [0.15, 0.2) is 30.3 Å². The highest BCUT2D eigenvalue weighted by atomic mass is 16.5. The molecular weight excluding hydrogens is 291 g/mol. The number of benzene rings is 1. The highest BCUT2D eigenvalue weighted by Crippen LogP contribution is 2.27. The van der Waals surface area contributed by atoms with Crippen molar-refractivity contribution in [2.24, 2.45) is 11.8 Å². The van der Waals surface area contributed by atoms with Gasteiger partial charge in [-0.15, -0.1) is 0 Å². The van der Waals surface area contributed by atoms with Crippen LogP contribution in [0.5, 0.6) is 0 Å². The lowest BCUT2D eigenvalue weighted by molar-refractivity contribution is -0.151. The minimum Gasteiger partial charge on any atom is -0.466 e. The van der Waals surface area contributed by atoms with Gasteiger partial charge in [0.25, 0.3) is 0 Å². The van der Waals surface area contributed by atoms with Gasteiger partial charge in [0, 0.05) is 11.7 Å². The largest absolute Gasteiger partial charge is 0.466 e. The van der Waals surface area contributed by atoms with Gasteiger partial charge in [-0.25, -0.2) is 0 Å². The molecule has 0 N–H and O–H groups in total. The monoisotopic (exact) mass is 318 g/mol. The summed E-state index contributed by atoms with van der Waals surface area (Å²) in [6.45, 7) is 8.03. The zero-order valence-electron chi connectivity index (χ0n) is 14.7. The van der Waals surface area contributed by atoms with Crippen molar-refractivity contribution in [1.82, 2.24) is 0 Å². The van der Waals surface area contributed by atoms with Gasteiger partial charge in [0.2, 0.25) is 0 Å². The summed E-state index contributed by atoms with van der Waals surface area (Å²) in [4.78, 5) is 23.6. The van der Waals surface area contributed by atoms with Crippen LogP contribution in [0, 0.1) is 11.8 Å². The molecule has 23 heavy (non-hydrogen) atoms. The highest BCUT2D eigenvalue weighted by Gasteiger charge is 2.23. The Kier molecular flexibility index (Phi) is 7.86. The Morgan fingerprint density at radius 1 is 0.957 bits per heavy atom. The van der Waals surface area contributed by atoms with Crippen LogP contribution in [0.25, 0.3) is 0 Å². The highest BCUT2D eigenvalue weighted by molar-refractivity contribution is 6.23. The second kappa shape index (κ2) is 9.38. The van der Waals surface area contributed by atoms with E-state index in [1.807, 2.05) is 52.0 Å². The van der Waals surface area contributed by atoms with Gasteiger partial charge in [-0.2, -0.15) is 0 Å². The van der Waals surface area contributed by atoms with Crippen molar-refractivity contribution in [3.8, 4) is 0 Å². The molecule has 3 atom stereocenters. The standard InChI is InChI=1S/C18H27BO4/c1-12(2)17(20)22-10-13(3)11-23-18(21)16(19)14(4)15-8-6-5-7-9-15/h5-9,12-14,16H,10-11,19H2,1-4H3. The van der Waals surface area contributed by atoms with Crippen LogP contribution in [0.2, 0.25) is 5.82 Å². The minimum atomic E-state index is -0.228. The number of hydrogen-bond donors (Lipinski definition) is 0. The topological polar surface area (TPSA) is 52.6 Å². The molecule has 1 rings (SSSR count). The van der Waals surface area contributed by atoms with E-state index in [1.165, 1.54) is 0 Å². The van der Waals surface area contributed by atoms with Crippen molar-refractivity contribution in [3.63, 3.8) is 0 Å². The molecule has 0 saturated heterocycles. The molecule has 5 heteroatoms. The van der Waals surface area contributed by atoms with Gasteiger partial charge in [0.1, 0.15) is 7.85 Å². The lowest BCUT2D eigenvalue weighted by atomic mass is 9.74. The van der Waals surface area contributed by atoms with Crippen LogP contribution < -0.4 is 0 Å². The molecular formula is C18H27BO4. The Labute approximate surface area is 140 Å². The molecule has 1 aromatic carbocycles. The van der Waals surface area contributed by atoms with E-state index in [0.29, 0.717) is 0 Å². The van der Waals surface area contributed by atoms with Crippen LogP contribution >= 0.6 is 0 Å². The van der Waals surface area contributed by atoms with Crippen LogP contribution in [0.3, 0.4) is 0 Å². The first kappa shape index (κ1) is 19.3. The SMILES string of the molecule is BC(C(=O)OCC(C)COC(=O)C(C)C)C(C)c1ccccc1. The number of hydrogen-bond acceptors (Lipinski definition) is 4. The Balaban J connectivity index is 2.39. The average molecular weight is 318 g/mol. The zero-order chi connectivity index (χ0) is 17.4. The van der Waals surface area contributed by atoms with Crippen LogP contribution in [-0.2, 0) is 19.1 Å². The summed E-state index contributed by atoms with van der Waals surface area (Å²) in [5, 5.41) is 0. The van der Waals surface area contributed by atoms with Gasteiger partial charge in [-0.1, -0.05) is 58.0 Å². The molecule has 4 nitrogen and oxygen atoms in total. The van der Waals surface area contributed by atoms with Crippen molar-refractivity contribution in [2.75, 3.05) is 13.2 Å². The molecule has 0 aliphatic rings. The van der Waals surface area contributed by atoms with Crippen LogP contribution in [0.4, 0.5) is 0 Å². The molecule has 0 fully saturated rings. The van der Waals surface area contributed by atoms with Gasteiger partial charge in [0.05, 0.1) is 19.1 Å². The Morgan fingerprint density at radius 2 is 1.48 bits per heavy atom. The van der Waals surface area contributed by atoms with Gasteiger partial charge in [0.15, 0.2) is 0 Å². The molecule has 1 aromatic rings. The summed E-state index contributed by atoms with van der Waals surface area (Å²) in [7, 11) is 1.88. The molecule has 126 valence electrons. The van der Waals surface area contributed by atoms with E-state index in [1.54, 1.807) is 13.8 Å². The van der Waals surface area contributed by atoms with Crippen molar-refractivity contribution < 1.29 is 19.1 Å². The van der Waals surface area contributed by atoms with E-state index >= 15 is 0 Å². The third kappa shape index (κ3) is 6.47. The lowest BCUT2D eigenvalue weighted by Gasteiger charge is -2.20. The number of rotatable bonds is 8. The summed E-state index contributed by atoms with van der Waals surface area (Å²) in [5.74, 6) is -0.726. The number of carbonyl (C=O) groups is 2. The molecule has 0 spiro atoms. The van der Waals surface area contributed by atoms with Crippen molar-refractivity contribution in [2.45, 2.75) is 39.4 Å². The van der Waals surface area contributed by atoms with E-state index in [2.05, 4.69) is 0 Å². The third-order valence-electron chi connectivity index (χ3n) is 3.94. The quantitative estimate of drug-likeness (QED) is 0.546. The maximum absolute atomic E-state index is 12.2. The lowest BCUT2D eigenvalue weighted by Crippen LogP contribution is -2.23. The van der Waals surface area contributed by atoms with E-state index in [0.717, 1.165) is 5.56 Å². The van der Waals surface area contributed by atoms with Gasteiger partial charge < -0.3 is 9.47 Å². The fourth-order valence-electron chi connectivity index (χ4n) is 2.04. The maximum Gasteiger partial charge on any atom is 0.308 e. The molecule has 0 bridgehead atoms. The molecule has 0 aliphatic heterocycles. The maximum atomic E-state index is 12.2. The van der Waals surface area contributed by atoms with Gasteiger partial charge >= 0.3 is 11.9 Å². The van der Waals surface area contributed by atoms with E-state index < -0.39 is 0 Å². The normalized spacial score (nSPS) is 14.8. The summed E-state index contributed by atoms with van der Waals surface area (Å²) in [5.41, 5.74) is 1.12. The Hall–Kier alpha value is -1.78. The first-order valence-electron chi connectivity index (χ1n) is 8.21. The van der Waals surface area contributed by atoms with Crippen molar-refractivity contribution >= 4 is 19.8 Å². The third-order valence-corrected chi connectivity index (χ3v) is 3.94. The predicted octanol–water partition coefficient (Wildman–Crippen LogP) is 2.59. The van der Waals surface area contributed by atoms with Crippen LogP contribution in [-0.4, -0.2) is 33.0 Å². The molecule has 0 saturated carbocycles. The summed E-state index contributed by atoms with van der Waals surface area (Å²) in [6, 6.07) is 9.92. The summed E-state index contributed by atoms with van der Waals surface area (Å²) < 4.78 is 10.5. The second-order valence-electron chi connectivity index (χ2n) is 6.51. The summed E-state index contributed by atoms with van der Waals surface area (Å²) in [6.07, 6.45) is 0. The molecule has 0 aliphatic carbocycles. The number of carbonyl (C=O) groups excluding carboxylic acids is 2. The van der Waals surface area contributed by atoms with Gasteiger partial charge in [-0.05, 0) is 11.5 Å². The van der Waals surface area contributed by atoms with Gasteiger partial charge in [-0.3, -0.25) is 9.59 Å². The first-order chi connectivity index (χ1) is 10.8. The molecule has 0 heterocycles. The molecule has 0 aromatic heterocycles. The minimum absolute atomic E-state index is 0.0131. The molecule has 3 unspecified atom stereocenters. The Morgan fingerprint density at radius 3 is 2.00 bits per heavy atom. The summed E-state index contributed by atoms with van der Waals surface area (Å²) >= 11 is 0. The second-order valence-corrected chi connectivity index (χ2v) is 6.51. The number of ether oxygens (including phenoxy) is 2. The predicted molar refractivity (Wildman–Crippen MR) is 93.1 cm³/mol. The zero-order valence-corrected chi connectivity index (χ0v) is 14.7. The average Bonchev–Trinajstić information content (AvgIpc) is 2.56. The fourth-order valence-corrected chi connectivity index (χ4v) is 2.04.